The molecule has 3 rings (SSSR count). The van der Waals surface area contributed by atoms with Gasteiger partial charge in [0.25, 0.3) is 0 Å². The molecular formula is C20H39IN4O2. The lowest BCUT2D eigenvalue weighted by Crippen LogP contribution is -2.48. The van der Waals surface area contributed by atoms with E-state index >= 15 is 0 Å². The smallest absolute Gasteiger partial charge is 0.193 e. The Morgan fingerprint density at radius 3 is 2.59 bits per heavy atom. The summed E-state index contributed by atoms with van der Waals surface area (Å²) in [7, 11) is 1.90. The van der Waals surface area contributed by atoms with E-state index in [0.29, 0.717) is 12.2 Å². The molecule has 3 saturated heterocycles. The Morgan fingerprint density at radius 2 is 1.96 bits per heavy atom. The van der Waals surface area contributed by atoms with Crippen molar-refractivity contribution < 1.29 is 9.47 Å². The Bertz CT molecular complexity index is 438. The van der Waals surface area contributed by atoms with Gasteiger partial charge in [-0.3, -0.25) is 4.99 Å². The van der Waals surface area contributed by atoms with Crippen molar-refractivity contribution in [2.75, 3.05) is 59.5 Å². The maximum atomic E-state index is 6.13. The first kappa shape index (κ1) is 23.2. The van der Waals surface area contributed by atoms with Crippen LogP contribution < -0.4 is 5.32 Å². The fraction of sp³-hybridized carbons (Fsp3) is 0.950. The number of likely N-dealkylation sites (tertiary alicyclic amines) is 2. The molecule has 0 bridgehead atoms. The summed E-state index contributed by atoms with van der Waals surface area (Å²) in [5.74, 6) is 1.82. The summed E-state index contributed by atoms with van der Waals surface area (Å²) in [6.45, 7) is 10.7. The number of nitrogens with zero attached hydrogens (tertiary/aromatic N) is 3. The van der Waals surface area contributed by atoms with Crippen LogP contribution in [0.4, 0.5) is 0 Å². The molecule has 1 N–H and O–H groups in total. The highest BCUT2D eigenvalue weighted by molar-refractivity contribution is 14.0. The highest BCUT2D eigenvalue weighted by Gasteiger charge is 2.25. The van der Waals surface area contributed by atoms with Gasteiger partial charge in [0.2, 0.25) is 0 Å². The van der Waals surface area contributed by atoms with Crippen molar-refractivity contribution in [1.29, 1.82) is 0 Å². The van der Waals surface area contributed by atoms with E-state index in [1.165, 1.54) is 38.9 Å². The SMILES string of the molecule is CCN1CCC(CNC(=NC)N2CCC(OCC3CCCCO3)CC2)C1.I. The Hall–Kier alpha value is -0.120. The molecule has 2 atom stereocenters. The van der Waals surface area contributed by atoms with Gasteiger partial charge in [0.05, 0.1) is 18.8 Å². The van der Waals surface area contributed by atoms with Gasteiger partial charge in [-0.05, 0) is 57.5 Å². The number of piperidine rings is 1. The Balaban J connectivity index is 0.00000261. The molecule has 0 aromatic rings. The van der Waals surface area contributed by atoms with E-state index < -0.39 is 0 Å². The largest absolute Gasteiger partial charge is 0.376 e. The minimum Gasteiger partial charge on any atom is -0.376 e. The Kier molecular flexibility index (Phi) is 10.7. The van der Waals surface area contributed by atoms with Crippen molar-refractivity contribution in [2.24, 2.45) is 10.9 Å². The molecule has 3 aliphatic rings. The highest BCUT2D eigenvalue weighted by Crippen LogP contribution is 2.18. The molecule has 0 aromatic carbocycles. The molecule has 3 heterocycles. The molecule has 6 nitrogen and oxygen atoms in total. The van der Waals surface area contributed by atoms with Gasteiger partial charge in [0.1, 0.15) is 0 Å². The zero-order valence-corrected chi connectivity index (χ0v) is 19.5. The Labute approximate surface area is 182 Å². The average Bonchev–Trinajstić information content (AvgIpc) is 3.17. The van der Waals surface area contributed by atoms with E-state index in [-0.39, 0.29) is 24.0 Å². The second-order valence-corrected chi connectivity index (χ2v) is 7.98. The van der Waals surface area contributed by atoms with Crippen molar-refractivity contribution in [2.45, 2.75) is 57.7 Å². The molecule has 2 unspecified atom stereocenters. The lowest BCUT2D eigenvalue weighted by atomic mass is 10.1. The topological polar surface area (TPSA) is 49.3 Å². The van der Waals surface area contributed by atoms with Crippen LogP contribution >= 0.6 is 24.0 Å². The van der Waals surface area contributed by atoms with Crippen LogP contribution in [0.2, 0.25) is 0 Å². The molecule has 0 radical (unpaired) electrons. The Morgan fingerprint density at radius 1 is 1.15 bits per heavy atom. The van der Waals surface area contributed by atoms with Gasteiger partial charge >= 0.3 is 0 Å². The molecule has 3 fully saturated rings. The maximum absolute atomic E-state index is 6.13. The van der Waals surface area contributed by atoms with Crippen molar-refractivity contribution in [3.63, 3.8) is 0 Å². The van der Waals surface area contributed by atoms with E-state index in [1.807, 2.05) is 7.05 Å². The minimum absolute atomic E-state index is 0. The van der Waals surface area contributed by atoms with E-state index in [2.05, 4.69) is 27.0 Å². The van der Waals surface area contributed by atoms with Crippen molar-refractivity contribution in [1.82, 2.24) is 15.1 Å². The average molecular weight is 494 g/mol. The number of hydrogen-bond donors (Lipinski definition) is 1. The molecule has 158 valence electrons. The predicted molar refractivity (Wildman–Crippen MR) is 121 cm³/mol. The standard InChI is InChI=1S/C20H38N4O2.HI/c1-3-23-10-7-17(15-23)14-22-20(21-2)24-11-8-18(9-12-24)26-16-19-6-4-5-13-25-19;/h17-19H,3-16H2,1-2H3,(H,21,22);1H. The van der Waals surface area contributed by atoms with Gasteiger partial charge in [-0.25, -0.2) is 0 Å². The van der Waals surface area contributed by atoms with Crippen molar-refractivity contribution in [3.05, 3.63) is 0 Å². The summed E-state index contributed by atoms with van der Waals surface area (Å²) >= 11 is 0. The summed E-state index contributed by atoms with van der Waals surface area (Å²) in [5, 5.41) is 3.61. The number of nitrogens with one attached hydrogen (secondary N) is 1. The number of ether oxygens (including phenoxy) is 2. The minimum atomic E-state index is 0. The zero-order chi connectivity index (χ0) is 18.2. The molecule has 0 aromatic heterocycles. The summed E-state index contributed by atoms with van der Waals surface area (Å²) in [4.78, 5) is 9.44. The van der Waals surface area contributed by atoms with Gasteiger partial charge in [-0.2, -0.15) is 0 Å². The molecule has 0 amide bonds. The first-order valence-electron chi connectivity index (χ1n) is 10.7. The normalized spacial score (nSPS) is 28.2. The molecule has 0 aliphatic carbocycles. The molecule has 0 spiro atoms. The third-order valence-electron chi connectivity index (χ3n) is 6.11. The number of halogens is 1. The van der Waals surface area contributed by atoms with Crippen molar-refractivity contribution >= 4 is 29.9 Å². The highest BCUT2D eigenvalue weighted by atomic mass is 127. The number of hydrogen-bond acceptors (Lipinski definition) is 4. The molecule has 27 heavy (non-hydrogen) atoms. The van der Waals surface area contributed by atoms with Gasteiger partial charge in [0, 0.05) is 39.8 Å². The second-order valence-electron chi connectivity index (χ2n) is 7.98. The number of aliphatic imine (C=N–C) groups is 1. The molecular weight excluding hydrogens is 455 g/mol. The van der Waals surface area contributed by atoms with E-state index in [4.69, 9.17) is 9.47 Å². The lowest BCUT2D eigenvalue weighted by molar-refractivity contribution is -0.0721. The van der Waals surface area contributed by atoms with E-state index in [0.717, 1.165) is 64.0 Å². The van der Waals surface area contributed by atoms with E-state index in [9.17, 15) is 0 Å². The second kappa shape index (κ2) is 12.4. The summed E-state index contributed by atoms with van der Waals surface area (Å²) in [6.07, 6.45) is 7.82. The summed E-state index contributed by atoms with van der Waals surface area (Å²) < 4.78 is 11.9. The van der Waals surface area contributed by atoms with Gasteiger partial charge in [-0.1, -0.05) is 6.92 Å². The molecule has 3 aliphatic heterocycles. The third kappa shape index (κ3) is 7.33. The monoisotopic (exact) mass is 494 g/mol. The first-order valence-corrected chi connectivity index (χ1v) is 10.7. The number of guanidine groups is 1. The molecule has 0 saturated carbocycles. The van der Waals surface area contributed by atoms with Gasteiger partial charge < -0.3 is 24.6 Å². The summed E-state index contributed by atoms with van der Waals surface area (Å²) in [5.41, 5.74) is 0. The van der Waals surface area contributed by atoms with Crippen LogP contribution in [0.5, 0.6) is 0 Å². The quantitative estimate of drug-likeness (QED) is 0.350. The third-order valence-corrected chi connectivity index (χ3v) is 6.11. The van der Waals surface area contributed by atoms with Gasteiger partial charge in [0.15, 0.2) is 5.96 Å². The lowest BCUT2D eigenvalue weighted by Gasteiger charge is -2.35. The fourth-order valence-electron chi connectivity index (χ4n) is 4.35. The number of rotatable bonds is 6. The maximum Gasteiger partial charge on any atom is 0.193 e. The van der Waals surface area contributed by atoms with Crippen LogP contribution in [0.1, 0.15) is 45.4 Å². The van der Waals surface area contributed by atoms with Crippen LogP contribution in [-0.2, 0) is 9.47 Å². The van der Waals surface area contributed by atoms with Gasteiger partial charge in [-0.15, -0.1) is 24.0 Å². The zero-order valence-electron chi connectivity index (χ0n) is 17.2. The van der Waals surface area contributed by atoms with Crippen LogP contribution in [0.3, 0.4) is 0 Å². The van der Waals surface area contributed by atoms with Crippen LogP contribution in [0.25, 0.3) is 0 Å². The summed E-state index contributed by atoms with van der Waals surface area (Å²) in [6, 6.07) is 0. The fourth-order valence-corrected chi connectivity index (χ4v) is 4.35. The van der Waals surface area contributed by atoms with Crippen LogP contribution in [0, 0.1) is 5.92 Å². The van der Waals surface area contributed by atoms with Crippen LogP contribution in [0.15, 0.2) is 4.99 Å². The predicted octanol–water partition coefficient (Wildman–Crippen LogP) is 2.57. The molecule has 7 heteroatoms. The first-order chi connectivity index (χ1) is 12.8. The van der Waals surface area contributed by atoms with Crippen molar-refractivity contribution in [3.8, 4) is 0 Å². The van der Waals surface area contributed by atoms with E-state index in [1.54, 1.807) is 0 Å². The van der Waals surface area contributed by atoms with Crippen LogP contribution in [-0.4, -0.2) is 87.5 Å².